The third-order valence-electron chi connectivity index (χ3n) is 7.26. The highest BCUT2D eigenvalue weighted by atomic mass is 19.1. The van der Waals surface area contributed by atoms with Crippen molar-refractivity contribution in [3.8, 4) is 17.6 Å². The summed E-state index contributed by atoms with van der Waals surface area (Å²) in [6.07, 6.45) is 10.8. The summed E-state index contributed by atoms with van der Waals surface area (Å²) >= 11 is 0. The molecule has 2 aromatic carbocycles. The molecular weight excluding hydrogens is 430 g/mol. The van der Waals surface area contributed by atoms with Crippen LogP contribution in [0.25, 0.3) is 0 Å². The number of ether oxygens (including phenoxy) is 2. The summed E-state index contributed by atoms with van der Waals surface area (Å²) in [4.78, 5) is 0. The molecule has 0 radical (unpaired) electrons. The molecule has 0 heterocycles. The maximum atomic E-state index is 15.0. The summed E-state index contributed by atoms with van der Waals surface area (Å²) in [6, 6.07) is 9.94. The fourth-order valence-corrected chi connectivity index (χ4v) is 5.53. The minimum atomic E-state index is -0.455. The predicted molar refractivity (Wildman–Crippen MR) is 132 cm³/mol. The maximum absolute atomic E-state index is 15.0. The van der Waals surface area contributed by atoms with Gasteiger partial charge < -0.3 is 9.47 Å². The van der Waals surface area contributed by atoms with Crippen molar-refractivity contribution in [3.05, 3.63) is 76.9 Å². The molecule has 0 spiro atoms. The molecule has 0 aromatic heterocycles. The first-order chi connectivity index (χ1) is 16.6. The molecule has 2 nitrogen and oxygen atoms in total. The van der Waals surface area contributed by atoms with Crippen LogP contribution in [0.3, 0.4) is 0 Å². The number of fused-ring (bicyclic) bond motifs is 1. The summed E-state index contributed by atoms with van der Waals surface area (Å²) in [7, 11) is 0. The lowest BCUT2D eigenvalue weighted by molar-refractivity contribution is -0.00968. The van der Waals surface area contributed by atoms with E-state index < -0.39 is 5.82 Å². The number of hydrogen-bond donors (Lipinski definition) is 0. The van der Waals surface area contributed by atoms with Crippen LogP contribution in [0.5, 0.6) is 5.75 Å². The quantitative estimate of drug-likeness (QED) is 0.327. The number of allylic oxidation sites excluding steroid dienone is 1. The molecule has 2 saturated carbocycles. The van der Waals surface area contributed by atoms with E-state index in [0.29, 0.717) is 29.8 Å². The third-order valence-corrected chi connectivity index (χ3v) is 7.26. The normalized spacial score (nSPS) is 24.4. The highest BCUT2D eigenvalue weighted by Gasteiger charge is 2.36. The Morgan fingerprint density at radius 1 is 0.912 bits per heavy atom. The van der Waals surface area contributed by atoms with Crippen molar-refractivity contribution in [3.63, 3.8) is 0 Å². The molecule has 4 atom stereocenters. The molecule has 4 unspecified atom stereocenters. The van der Waals surface area contributed by atoms with Gasteiger partial charge in [0.15, 0.2) is 11.6 Å². The van der Waals surface area contributed by atoms with Crippen LogP contribution >= 0.6 is 0 Å². The van der Waals surface area contributed by atoms with Gasteiger partial charge in [0, 0.05) is 17.7 Å². The average Bonchev–Trinajstić information content (AvgIpc) is 2.84. The number of hydrogen-bond acceptors (Lipinski definition) is 2. The van der Waals surface area contributed by atoms with Crippen LogP contribution in [0.15, 0.2) is 48.6 Å². The first kappa shape index (κ1) is 24.5. The van der Waals surface area contributed by atoms with Gasteiger partial charge in [-0.05, 0) is 106 Å². The van der Waals surface area contributed by atoms with Crippen molar-refractivity contribution >= 4 is 0 Å². The smallest absolute Gasteiger partial charge is 0.166 e. The molecule has 2 aromatic rings. The van der Waals surface area contributed by atoms with Gasteiger partial charge in [-0.15, -0.1) is 0 Å². The molecule has 0 saturated heterocycles. The van der Waals surface area contributed by atoms with Gasteiger partial charge in [0.2, 0.25) is 0 Å². The second-order valence-corrected chi connectivity index (χ2v) is 9.43. The SMILES string of the molecule is C/C=C/COc1ccc(C#Cc2ccc(C3CCC4CC(OCC)CCC4C3)c(F)c2)cc1F. The maximum Gasteiger partial charge on any atom is 0.166 e. The molecule has 4 heteroatoms. The van der Waals surface area contributed by atoms with Crippen molar-refractivity contribution in [1.29, 1.82) is 0 Å². The lowest BCUT2D eigenvalue weighted by Crippen LogP contribution is -2.33. The Morgan fingerprint density at radius 3 is 2.32 bits per heavy atom. The molecular formula is C30H34F2O2. The molecule has 34 heavy (non-hydrogen) atoms. The Kier molecular flexibility index (Phi) is 8.40. The monoisotopic (exact) mass is 464 g/mol. The van der Waals surface area contributed by atoms with Gasteiger partial charge in [0.05, 0.1) is 6.10 Å². The van der Waals surface area contributed by atoms with E-state index >= 15 is 4.39 Å². The zero-order valence-electron chi connectivity index (χ0n) is 20.2. The standard InChI is InChI=1S/C30H34F2O2/c1-3-5-16-34-30-15-9-22(18-29(30)32)7-6-21-8-14-27(28(31)17-21)25-11-10-24-20-26(33-4-2)13-12-23(24)19-25/h3,5,8-9,14-15,17-18,23-26H,4,10-13,16,19-20H2,1-2H3/b5-3+. The fourth-order valence-electron chi connectivity index (χ4n) is 5.53. The molecule has 0 amide bonds. The number of benzene rings is 2. The minimum absolute atomic E-state index is 0.183. The van der Waals surface area contributed by atoms with E-state index in [2.05, 4.69) is 18.8 Å². The first-order valence-electron chi connectivity index (χ1n) is 12.5. The van der Waals surface area contributed by atoms with Crippen molar-refractivity contribution in [2.75, 3.05) is 13.2 Å². The van der Waals surface area contributed by atoms with E-state index in [1.54, 1.807) is 12.1 Å². The van der Waals surface area contributed by atoms with Gasteiger partial charge in [-0.2, -0.15) is 0 Å². The van der Waals surface area contributed by atoms with Crippen LogP contribution < -0.4 is 4.74 Å². The average molecular weight is 465 g/mol. The lowest BCUT2D eigenvalue weighted by atomic mass is 9.65. The van der Waals surface area contributed by atoms with E-state index in [4.69, 9.17) is 9.47 Å². The molecule has 4 rings (SSSR count). The molecule has 0 aliphatic heterocycles. The Bertz CT molecular complexity index is 1070. The van der Waals surface area contributed by atoms with Gasteiger partial charge in [-0.1, -0.05) is 30.1 Å². The van der Waals surface area contributed by atoms with Crippen LogP contribution in [-0.2, 0) is 4.74 Å². The Balaban J connectivity index is 1.39. The molecule has 2 aliphatic carbocycles. The lowest BCUT2D eigenvalue weighted by Gasteiger charge is -2.42. The third kappa shape index (κ3) is 6.07. The van der Waals surface area contributed by atoms with Gasteiger partial charge in [-0.3, -0.25) is 0 Å². The van der Waals surface area contributed by atoms with E-state index in [9.17, 15) is 4.39 Å². The van der Waals surface area contributed by atoms with Crippen LogP contribution in [-0.4, -0.2) is 19.3 Å². The first-order valence-corrected chi connectivity index (χ1v) is 12.5. The summed E-state index contributed by atoms with van der Waals surface area (Å²) in [5, 5.41) is 0. The van der Waals surface area contributed by atoms with Gasteiger partial charge in [0.1, 0.15) is 12.4 Å². The zero-order valence-corrected chi connectivity index (χ0v) is 20.2. The fraction of sp³-hybridized carbons (Fsp3) is 0.467. The highest BCUT2D eigenvalue weighted by molar-refractivity contribution is 5.46. The van der Waals surface area contributed by atoms with E-state index in [-0.39, 0.29) is 17.5 Å². The summed E-state index contributed by atoms with van der Waals surface area (Å²) in [6.45, 7) is 5.06. The molecule has 0 N–H and O–H groups in total. The van der Waals surface area contributed by atoms with Gasteiger partial charge >= 0.3 is 0 Å². The Hall–Kier alpha value is -2.64. The number of rotatable bonds is 6. The zero-order chi connectivity index (χ0) is 23.9. The Labute approximate surface area is 202 Å². The summed E-state index contributed by atoms with van der Waals surface area (Å²) in [5.41, 5.74) is 1.94. The largest absolute Gasteiger partial charge is 0.486 e. The van der Waals surface area contributed by atoms with Crippen molar-refractivity contribution in [2.24, 2.45) is 11.8 Å². The van der Waals surface area contributed by atoms with E-state index in [0.717, 1.165) is 50.2 Å². The molecule has 2 fully saturated rings. The van der Waals surface area contributed by atoms with Crippen molar-refractivity contribution in [1.82, 2.24) is 0 Å². The van der Waals surface area contributed by atoms with Gasteiger partial charge in [-0.25, -0.2) is 8.78 Å². The van der Waals surface area contributed by atoms with E-state index in [1.807, 2.05) is 31.2 Å². The van der Waals surface area contributed by atoms with Crippen molar-refractivity contribution < 1.29 is 18.3 Å². The predicted octanol–water partition coefficient (Wildman–Crippen LogP) is 7.41. The van der Waals surface area contributed by atoms with E-state index in [1.165, 1.54) is 18.6 Å². The topological polar surface area (TPSA) is 18.5 Å². The van der Waals surface area contributed by atoms with Crippen LogP contribution in [0.1, 0.15) is 75.0 Å². The van der Waals surface area contributed by atoms with Crippen molar-refractivity contribution in [2.45, 2.75) is 64.4 Å². The summed E-state index contributed by atoms with van der Waals surface area (Å²) < 4.78 is 40.5. The molecule has 2 aliphatic rings. The Morgan fingerprint density at radius 2 is 1.62 bits per heavy atom. The highest BCUT2D eigenvalue weighted by Crippen LogP contribution is 2.47. The van der Waals surface area contributed by atoms with Crippen LogP contribution in [0.2, 0.25) is 0 Å². The molecule has 0 bridgehead atoms. The number of halogens is 2. The second-order valence-electron chi connectivity index (χ2n) is 9.43. The van der Waals surface area contributed by atoms with Gasteiger partial charge in [0.25, 0.3) is 0 Å². The van der Waals surface area contributed by atoms with Crippen LogP contribution in [0, 0.1) is 35.3 Å². The second kappa shape index (κ2) is 11.7. The molecule has 180 valence electrons. The summed E-state index contributed by atoms with van der Waals surface area (Å²) in [5.74, 6) is 7.13. The minimum Gasteiger partial charge on any atom is -0.486 e. The van der Waals surface area contributed by atoms with Crippen LogP contribution in [0.4, 0.5) is 8.78 Å².